The average molecular weight is 286 g/mol. The zero-order chi connectivity index (χ0) is 14.7. The molecule has 21 heavy (non-hydrogen) atoms. The maximum atomic E-state index is 12.1. The number of hydrogen-bond acceptors (Lipinski definition) is 5. The van der Waals surface area contributed by atoms with Crippen LogP contribution in [-0.2, 0) is 11.8 Å². The van der Waals surface area contributed by atoms with Gasteiger partial charge in [0.05, 0.1) is 5.56 Å². The van der Waals surface area contributed by atoms with Crippen LogP contribution < -0.4 is 0 Å². The van der Waals surface area contributed by atoms with Crippen molar-refractivity contribution in [3.63, 3.8) is 0 Å². The van der Waals surface area contributed by atoms with Gasteiger partial charge < -0.3 is 4.74 Å². The molecule has 1 saturated carbocycles. The van der Waals surface area contributed by atoms with Crippen LogP contribution in [0.15, 0.2) is 24.3 Å². The molecule has 3 rings (SSSR count). The zero-order valence-electron chi connectivity index (χ0n) is 12.0. The van der Waals surface area contributed by atoms with E-state index in [0.29, 0.717) is 11.4 Å². The third-order valence-electron chi connectivity index (χ3n) is 3.82. The fourth-order valence-corrected chi connectivity index (χ4v) is 2.63. The van der Waals surface area contributed by atoms with Crippen molar-refractivity contribution < 1.29 is 9.53 Å². The lowest BCUT2D eigenvalue weighted by atomic mass is 9.98. The first-order valence-corrected chi connectivity index (χ1v) is 7.28. The Morgan fingerprint density at radius 1 is 1.19 bits per heavy atom. The molecule has 1 heterocycles. The Balaban J connectivity index is 1.69. The topological polar surface area (TPSA) is 69.9 Å². The summed E-state index contributed by atoms with van der Waals surface area (Å²) in [6, 6.07) is 7.19. The van der Waals surface area contributed by atoms with Gasteiger partial charge in [-0.2, -0.15) is 0 Å². The fourth-order valence-electron chi connectivity index (χ4n) is 2.63. The van der Waals surface area contributed by atoms with Gasteiger partial charge in [-0.3, -0.25) is 0 Å². The Labute approximate surface area is 123 Å². The normalized spacial score (nSPS) is 15.9. The van der Waals surface area contributed by atoms with E-state index >= 15 is 0 Å². The molecule has 1 fully saturated rings. The summed E-state index contributed by atoms with van der Waals surface area (Å²) in [6.07, 6.45) is 5.58. The van der Waals surface area contributed by atoms with Crippen molar-refractivity contribution in [3.8, 4) is 11.4 Å². The highest BCUT2D eigenvalue weighted by Gasteiger charge is 2.18. The minimum Gasteiger partial charge on any atom is -0.459 e. The largest absolute Gasteiger partial charge is 0.459 e. The van der Waals surface area contributed by atoms with Gasteiger partial charge >= 0.3 is 5.97 Å². The van der Waals surface area contributed by atoms with E-state index in [2.05, 4.69) is 15.5 Å². The molecule has 2 aromatic rings. The van der Waals surface area contributed by atoms with Crippen molar-refractivity contribution >= 4 is 5.97 Å². The van der Waals surface area contributed by atoms with Crippen molar-refractivity contribution in [2.24, 2.45) is 7.05 Å². The van der Waals surface area contributed by atoms with Crippen LogP contribution in [-0.4, -0.2) is 32.3 Å². The van der Waals surface area contributed by atoms with Crippen LogP contribution in [0.25, 0.3) is 11.4 Å². The van der Waals surface area contributed by atoms with Crippen molar-refractivity contribution in [2.75, 3.05) is 0 Å². The Bertz CT molecular complexity index is 615. The van der Waals surface area contributed by atoms with Gasteiger partial charge in [-0.15, -0.1) is 5.10 Å². The van der Waals surface area contributed by atoms with E-state index in [1.807, 2.05) is 12.1 Å². The van der Waals surface area contributed by atoms with Crippen molar-refractivity contribution in [2.45, 2.75) is 38.2 Å². The summed E-state index contributed by atoms with van der Waals surface area (Å²) in [6.45, 7) is 0. The molecule has 0 saturated heterocycles. The van der Waals surface area contributed by atoms with E-state index in [4.69, 9.17) is 4.74 Å². The number of rotatable bonds is 3. The number of esters is 1. The number of carbonyl (C=O) groups excluding carboxylic acids is 1. The first kappa shape index (κ1) is 13.7. The number of aromatic nitrogens is 4. The third-order valence-corrected chi connectivity index (χ3v) is 3.82. The maximum absolute atomic E-state index is 12.1. The van der Waals surface area contributed by atoms with Gasteiger partial charge in [-0.25, -0.2) is 9.48 Å². The van der Waals surface area contributed by atoms with E-state index in [9.17, 15) is 4.79 Å². The van der Waals surface area contributed by atoms with Crippen molar-refractivity contribution in [1.82, 2.24) is 20.2 Å². The predicted octanol–water partition coefficient (Wildman–Crippen LogP) is 2.37. The Morgan fingerprint density at radius 2 is 1.90 bits per heavy atom. The van der Waals surface area contributed by atoms with Gasteiger partial charge in [0.15, 0.2) is 5.82 Å². The molecule has 6 heteroatoms. The highest BCUT2D eigenvalue weighted by molar-refractivity contribution is 5.90. The number of hydrogen-bond donors (Lipinski definition) is 0. The van der Waals surface area contributed by atoms with Crippen LogP contribution in [0.5, 0.6) is 0 Å². The summed E-state index contributed by atoms with van der Waals surface area (Å²) < 4.78 is 7.14. The molecule has 1 aromatic heterocycles. The van der Waals surface area contributed by atoms with E-state index in [1.54, 1.807) is 23.9 Å². The van der Waals surface area contributed by atoms with Crippen molar-refractivity contribution in [1.29, 1.82) is 0 Å². The summed E-state index contributed by atoms with van der Waals surface area (Å²) in [5.41, 5.74) is 1.44. The number of ether oxygens (including phenoxy) is 1. The van der Waals surface area contributed by atoms with Gasteiger partial charge in [-0.1, -0.05) is 18.6 Å². The van der Waals surface area contributed by atoms with Gasteiger partial charge in [0.25, 0.3) is 0 Å². The Hall–Kier alpha value is -2.24. The molecule has 0 N–H and O–H groups in total. The summed E-state index contributed by atoms with van der Waals surface area (Å²) in [7, 11) is 1.78. The van der Waals surface area contributed by atoms with E-state index in [1.165, 1.54) is 6.42 Å². The maximum Gasteiger partial charge on any atom is 0.338 e. The first-order valence-electron chi connectivity index (χ1n) is 7.28. The highest BCUT2D eigenvalue weighted by Crippen LogP contribution is 2.22. The minimum atomic E-state index is -0.246. The van der Waals surface area contributed by atoms with Crippen molar-refractivity contribution in [3.05, 3.63) is 29.8 Å². The van der Waals surface area contributed by atoms with Gasteiger partial charge in [-0.05, 0) is 48.2 Å². The first-order chi connectivity index (χ1) is 10.2. The molecule has 0 bridgehead atoms. The molecule has 6 nitrogen and oxygen atoms in total. The third kappa shape index (κ3) is 3.09. The van der Waals surface area contributed by atoms with Crippen LogP contribution >= 0.6 is 0 Å². The van der Waals surface area contributed by atoms with E-state index < -0.39 is 0 Å². The summed E-state index contributed by atoms with van der Waals surface area (Å²) in [4.78, 5) is 12.1. The molecule has 0 radical (unpaired) electrons. The zero-order valence-corrected chi connectivity index (χ0v) is 12.0. The molecule has 0 spiro atoms. The molecule has 0 amide bonds. The standard InChI is InChI=1S/C15H18N4O2/c1-19-14(16-17-18-19)11-7-9-12(10-8-11)15(20)21-13-5-3-2-4-6-13/h7-10,13H,2-6H2,1H3. The second-order valence-electron chi connectivity index (χ2n) is 5.37. The molecule has 0 aliphatic heterocycles. The van der Waals surface area contributed by atoms with Crippen LogP contribution in [0.4, 0.5) is 0 Å². The predicted molar refractivity (Wildman–Crippen MR) is 76.5 cm³/mol. The van der Waals surface area contributed by atoms with Gasteiger partial charge in [0.1, 0.15) is 6.10 Å². The smallest absolute Gasteiger partial charge is 0.338 e. The number of carbonyl (C=O) groups is 1. The average Bonchev–Trinajstić information content (AvgIpc) is 2.94. The molecule has 1 aliphatic carbocycles. The number of aryl methyl sites for hydroxylation is 1. The lowest BCUT2D eigenvalue weighted by Crippen LogP contribution is -2.20. The second kappa shape index (κ2) is 6.03. The fraction of sp³-hybridized carbons (Fsp3) is 0.467. The second-order valence-corrected chi connectivity index (χ2v) is 5.37. The van der Waals surface area contributed by atoms with Gasteiger partial charge in [0, 0.05) is 12.6 Å². The van der Waals surface area contributed by atoms with E-state index in [0.717, 1.165) is 31.2 Å². The highest BCUT2D eigenvalue weighted by atomic mass is 16.5. The summed E-state index contributed by atoms with van der Waals surface area (Å²) in [5, 5.41) is 11.3. The SMILES string of the molecule is Cn1nnnc1-c1ccc(C(=O)OC2CCCCC2)cc1. The van der Waals surface area contributed by atoms with Gasteiger partial charge in [0.2, 0.25) is 0 Å². The molecule has 0 atom stereocenters. The molecule has 0 unspecified atom stereocenters. The monoisotopic (exact) mass is 286 g/mol. The summed E-state index contributed by atoms with van der Waals surface area (Å²) in [5.74, 6) is 0.423. The molecule has 1 aromatic carbocycles. The Kier molecular flexibility index (Phi) is 3.94. The van der Waals surface area contributed by atoms with Crippen LogP contribution in [0.3, 0.4) is 0 Å². The molecular formula is C15H18N4O2. The lowest BCUT2D eigenvalue weighted by molar-refractivity contribution is 0.0211. The minimum absolute atomic E-state index is 0.0777. The summed E-state index contributed by atoms with van der Waals surface area (Å²) >= 11 is 0. The molecule has 110 valence electrons. The lowest BCUT2D eigenvalue weighted by Gasteiger charge is -2.21. The van der Waals surface area contributed by atoms with Crippen LogP contribution in [0, 0.1) is 0 Å². The van der Waals surface area contributed by atoms with Crippen LogP contribution in [0.2, 0.25) is 0 Å². The molecular weight excluding hydrogens is 268 g/mol. The number of tetrazole rings is 1. The van der Waals surface area contributed by atoms with E-state index in [-0.39, 0.29) is 12.1 Å². The Morgan fingerprint density at radius 3 is 2.52 bits per heavy atom. The quantitative estimate of drug-likeness (QED) is 0.810. The number of benzene rings is 1. The number of nitrogens with zero attached hydrogens (tertiary/aromatic N) is 4. The van der Waals surface area contributed by atoms with Crippen LogP contribution in [0.1, 0.15) is 42.5 Å². The molecule has 1 aliphatic rings.